The van der Waals surface area contributed by atoms with E-state index >= 15 is 0 Å². The molecule has 0 saturated carbocycles. The van der Waals surface area contributed by atoms with Crippen molar-refractivity contribution in [3.63, 3.8) is 0 Å². The van der Waals surface area contributed by atoms with Crippen molar-refractivity contribution in [1.82, 2.24) is 9.97 Å². The van der Waals surface area contributed by atoms with Crippen LogP contribution in [-0.4, -0.2) is 22.4 Å². The Kier molecular flexibility index (Phi) is 2.29. The van der Waals surface area contributed by atoms with Crippen LogP contribution in [-0.2, 0) is 17.8 Å². The molecule has 0 N–H and O–H groups in total. The van der Waals surface area contributed by atoms with Gasteiger partial charge in [-0.05, 0) is 6.92 Å². The highest BCUT2D eigenvalue weighted by atomic mass is 16.5. The molecule has 4 heteroatoms. The van der Waals surface area contributed by atoms with Crippen LogP contribution in [0.4, 0.5) is 0 Å². The summed E-state index contributed by atoms with van der Waals surface area (Å²) < 4.78 is 5.31. The first-order chi connectivity index (χ1) is 6.68. The van der Waals surface area contributed by atoms with Gasteiger partial charge in [0, 0.05) is 24.6 Å². The summed E-state index contributed by atoms with van der Waals surface area (Å²) in [5.41, 5.74) is 2.87. The van der Waals surface area contributed by atoms with Crippen LogP contribution in [0.1, 0.15) is 34.5 Å². The zero-order valence-electron chi connectivity index (χ0n) is 8.33. The Morgan fingerprint density at radius 2 is 2.21 bits per heavy atom. The lowest BCUT2D eigenvalue weighted by Gasteiger charge is -2.17. The summed E-state index contributed by atoms with van der Waals surface area (Å²) in [5.74, 6) is 0.241. The molecule has 1 aromatic heterocycles. The molecule has 14 heavy (non-hydrogen) atoms. The van der Waals surface area contributed by atoms with Gasteiger partial charge in [-0.25, -0.2) is 9.97 Å². The van der Waals surface area contributed by atoms with Gasteiger partial charge in [0.15, 0.2) is 11.6 Å². The van der Waals surface area contributed by atoms with Gasteiger partial charge < -0.3 is 4.74 Å². The van der Waals surface area contributed by atoms with Crippen LogP contribution in [0.15, 0.2) is 0 Å². The number of fused-ring (bicyclic) bond motifs is 1. The predicted octanol–water partition coefficient (Wildman–Crippen LogP) is 1.06. The van der Waals surface area contributed by atoms with E-state index in [1.54, 1.807) is 0 Å². The lowest BCUT2D eigenvalue weighted by molar-refractivity contribution is 0.0991. The van der Waals surface area contributed by atoms with E-state index in [9.17, 15) is 4.79 Å². The zero-order chi connectivity index (χ0) is 10.1. The Morgan fingerprint density at radius 3 is 2.93 bits per heavy atom. The van der Waals surface area contributed by atoms with Crippen LogP contribution in [0.25, 0.3) is 0 Å². The Bertz CT molecular complexity index is 388. The smallest absolute Gasteiger partial charge is 0.196 e. The third-order valence-corrected chi connectivity index (χ3v) is 2.34. The average molecular weight is 192 g/mol. The molecule has 0 aromatic carbocycles. The standard InChI is InChI=1S/C10H12N2O2/c1-6-8-5-14-4-3-9(8)12-10(11-6)7(2)13/h3-5H2,1-2H3. The van der Waals surface area contributed by atoms with Gasteiger partial charge in [0.1, 0.15) is 0 Å². The van der Waals surface area contributed by atoms with Crippen molar-refractivity contribution in [3.05, 3.63) is 22.8 Å². The minimum Gasteiger partial charge on any atom is -0.376 e. The molecule has 0 radical (unpaired) electrons. The monoisotopic (exact) mass is 192 g/mol. The van der Waals surface area contributed by atoms with Crippen molar-refractivity contribution in [2.75, 3.05) is 6.61 Å². The van der Waals surface area contributed by atoms with E-state index in [1.165, 1.54) is 6.92 Å². The first kappa shape index (κ1) is 9.27. The molecule has 0 unspecified atom stereocenters. The molecule has 1 aromatic rings. The fourth-order valence-corrected chi connectivity index (χ4v) is 1.55. The lowest BCUT2D eigenvalue weighted by Crippen LogP contribution is -2.17. The highest BCUT2D eigenvalue weighted by Gasteiger charge is 2.16. The van der Waals surface area contributed by atoms with E-state index in [0.717, 1.165) is 23.4 Å². The summed E-state index contributed by atoms with van der Waals surface area (Å²) in [6.07, 6.45) is 0.777. The molecule has 2 rings (SSSR count). The van der Waals surface area contributed by atoms with E-state index in [-0.39, 0.29) is 5.78 Å². The largest absolute Gasteiger partial charge is 0.376 e. The second-order valence-electron chi connectivity index (χ2n) is 3.42. The topological polar surface area (TPSA) is 52.1 Å². The third-order valence-electron chi connectivity index (χ3n) is 2.34. The van der Waals surface area contributed by atoms with Crippen LogP contribution in [0.2, 0.25) is 0 Å². The van der Waals surface area contributed by atoms with E-state index in [1.807, 2.05) is 6.92 Å². The highest BCUT2D eigenvalue weighted by molar-refractivity contribution is 5.90. The number of ether oxygens (including phenoxy) is 1. The predicted molar refractivity (Wildman–Crippen MR) is 50.1 cm³/mol. The highest BCUT2D eigenvalue weighted by Crippen LogP contribution is 2.17. The van der Waals surface area contributed by atoms with Crippen molar-refractivity contribution in [2.45, 2.75) is 26.9 Å². The van der Waals surface area contributed by atoms with Gasteiger partial charge >= 0.3 is 0 Å². The van der Waals surface area contributed by atoms with Crippen molar-refractivity contribution >= 4 is 5.78 Å². The van der Waals surface area contributed by atoms with Gasteiger partial charge in [0.25, 0.3) is 0 Å². The number of aromatic nitrogens is 2. The summed E-state index contributed by atoms with van der Waals surface area (Å²) in [7, 11) is 0. The molecule has 0 atom stereocenters. The Morgan fingerprint density at radius 1 is 1.43 bits per heavy atom. The lowest BCUT2D eigenvalue weighted by atomic mass is 10.1. The minimum atomic E-state index is -0.0811. The summed E-state index contributed by atoms with van der Waals surface area (Å²) in [4.78, 5) is 19.5. The molecule has 1 aliphatic rings. The maximum absolute atomic E-state index is 11.1. The first-order valence-corrected chi connectivity index (χ1v) is 4.63. The van der Waals surface area contributed by atoms with Crippen LogP contribution in [0.3, 0.4) is 0 Å². The number of aryl methyl sites for hydroxylation is 1. The molecule has 0 amide bonds. The fraction of sp³-hybridized carbons (Fsp3) is 0.500. The van der Waals surface area contributed by atoms with Crippen LogP contribution in [0.5, 0.6) is 0 Å². The van der Waals surface area contributed by atoms with E-state index in [0.29, 0.717) is 19.0 Å². The molecule has 0 bridgehead atoms. The van der Waals surface area contributed by atoms with Gasteiger partial charge in [-0.2, -0.15) is 0 Å². The maximum Gasteiger partial charge on any atom is 0.196 e. The summed E-state index contributed by atoms with van der Waals surface area (Å²) >= 11 is 0. The SMILES string of the molecule is CC(=O)c1nc(C)c2c(n1)CCOC2. The van der Waals surface area contributed by atoms with Crippen molar-refractivity contribution < 1.29 is 9.53 Å². The third kappa shape index (κ3) is 1.53. The normalized spacial score (nSPS) is 15.0. The molecular formula is C10H12N2O2. The maximum atomic E-state index is 11.1. The van der Waals surface area contributed by atoms with Gasteiger partial charge in [0.2, 0.25) is 0 Å². The van der Waals surface area contributed by atoms with Crippen molar-refractivity contribution in [1.29, 1.82) is 0 Å². The summed E-state index contributed by atoms with van der Waals surface area (Å²) in [6.45, 7) is 4.63. The van der Waals surface area contributed by atoms with Crippen molar-refractivity contribution in [3.8, 4) is 0 Å². The molecule has 0 fully saturated rings. The number of nitrogens with zero attached hydrogens (tertiary/aromatic N) is 2. The molecule has 4 nitrogen and oxygen atoms in total. The molecule has 0 spiro atoms. The number of Topliss-reactive ketones (excluding diaryl/α,β-unsaturated/α-hetero) is 1. The average Bonchev–Trinajstić information content (AvgIpc) is 2.17. The molecule has 0 aliphatic carbocycles. The molecular weight excluding hydrogens is 180 g/mol. The number of hydrogen-bond acceptors (Lipinski definition) is 4. The molecule has 1 aliphatic heterocycles. The molecule has 0 saturated heterocycles. The number of carbonyl (C=O) groups excluding carboxylic acids is 1. The quantitative estimate of drug-likeness (QED) is 0.624. The first-order valence-electron chi connectivity index (χ1n) is 4.63. The Labute approximate surface area is 82.3 Å². The van der Waals surface area contributed by atoms with Crippen LogP contribution >= 0.6 is 0 Å². The number of ketones is 1. The van der Waals surface area contributed by atoms with Gasteiger partial charge in [-0.1, -0.05) is 0 Å². The Hall–Kier alpha value is -1.29. The van der Waals surface area contributed by atoms with E-state index in [2.05, 4.69) is 9.97 Å². The summed E-state index contributed by atoms with van der Waals surface area (Å²) in [6, 6.07) is 0. The van der Waals surface area contributed by atoms with Gasteiger partial charge in [-0.3, -0.25) is 4.79 Å². The van der Waals surface area contributed by atoms with Gasteiger partial charge in [0.05, 0.1) is 18.9 Å². The molecule has 74 valence electrons. The summed E-state index contributed by atoms with van der Waals surface area (Å²) in [5, 5.41) is 0. The number of hydrogen-bond donors (Lipinski definition) is 0. The zero-order valence-corrected chi connectivity index (χ0v) is 8.33. The Balaban J connectivity index is 2.51. The minimum absolute atomic E-state index is 0.0811. The van der Waals surface area contributed by atoms with Crippen LogP contribution in [0, 0.1) is 6.92 Å². The molecule has 2 heterocycles. The van der Waals surface area contributed by atoms with E-state index in [4.69, 9.17) is 4.74 Å². The second-order valence-corrected chi connectivity index (χ2v) is 3.42. The number of carbonyl (C=O) groups is 1. The van der Waals surface area contributed by atoms with Crippen molar-refractivity contribution in [2.24, 2.45) is 0 Å². The fourth-order valence-electron chi connectivity index (χ4n) is 1.55. The van der Waals surface area contributed by atoms with Gasteiger partial charge in [-0.15, -0.1) is 0 Å². The van der Waals surface area contributed by atoms with E-state index < -0.39 is 0 Å². The van der Waals surface area contributed by atoms with Crippen LogP contribution < -0.4 is 0 Å². The number of rotatable bonds is 1. The second kappa shape index (κ2) is 3.46.